The van der Waals surface area contributed by atoms with Crippen LogP contribution in [-0.4, -0.2) is 29.6 Å². The van der Waals surface area contributed by atoms with Gasteiger partial charge in [0.1, 0.15) is 0 Å². The Morgan fingerprint density at radius 1 is 1.23 bits per heavy atom. The molecule has 2 aromatic carbocycles. The quantitative estimate of drug-likeness (QED) is 0.779. The van der Waals surface area contributed by atoms with Crippen LogP contribution < -0.4 is 10.6 Å². The monoisotopic (exact) mass is 390 g/mol. The van der Waals surface area contributed by atoms with E-state index >= 15 is 0 Å². The molecule has 8 heteroatoms. The molecule has 0 unspecified atom stereocenters. The van der Waals surface area contributed by atoms with Crippen LogP contribution in [0, 0.1) is 0 Å². The molecule has 0 bridgehead atoms. The van der Waals surface area contributed by atoms with E-state index < -0.39 is 18.0 Å². The van der Waals surface area contributed by atoms with E-state index in [4.69, 9.17) is 16.3 Å². The third-order valence-electron chi connectivity index (χ3n) is 3.61. The van der Waals surface area contributed by atoms with Crippen molar-refractivity contribution in [1.29, 1.82) is 0 Å². The maximum atomic E-state index is 12.3. The van der Waals surface area contributed by atoms with E-state index in [-0.39, 0.29) is 11.5 Å². The van der Waals surface area contributed by atoms with E-state index in [1.54, 1.807) is 42.5 Å². The van der Waals surface area contributed by atoms with Crippen molar-refractivity contribution in [2.45, 2.75) is 17.9 Å². The number of anilines is 2. The summed E-state index contributed by atoms with van der Waals surface area (Å²) in [6.07, 6.45) is -0.988. The molecule has 1 aliphatic rings. The third-order valence-corrected chi connectivity index (χ3v) is 4.94. The number of fused-ring (bicyclic) bond motifs is 1. The fraction of sp³-hybridized carbons (Fsp3) is 0.167. The van der Waals surface area contributed by atoms with Gasteiger partial charge in [-0.05, 0) is 49.4 Å². The molecule has 26 heavy (non-hydrogen) atoms. The van der Waals surface area contributed by atoms with Crippen LogP contribution in [0.15, 0.2) is 47.4 Å². The molecule has 1 heterocycles. The van der Waals surface area contributed by atoms with Gasteiger partial charge in [0.2, 0.25) is 5.91 Å². The van der Waals surface area contributed by atoms with Crippen LogP contribution in [0.2, 0.25) is 5.02 Å². The average Bonchev–Trinajstić information content (AvgIpc) is 2.62. The number of esters is 1. The van der Waals surface area contributed by atoms with Crippen molar-refractivity contribution in [3.05, 3.63) is 53.1 Å². The van der Waals surface area contributed by atoms with Gasteiger partial charge in [-0.3, -0.25) is 9.59 Å². The summed E-state index contributed by atoms with van der Waals surface area (Å²) in [7, 11) is 0. The summed E-state index contributed by atoms with van der Waals surface area (Å²) in [6, 6.07) is 11.5. The molecule has 0 aromatic heterocycles. The van der Waals surface area contributed by atoms with Crippen molar-refractivity contribution in [3.63, 3.8) is 0 Å². The van der Waals surface area contributed by atoms with E-state index in [0.717, 1.165) is 4.90 Å². The number of hydrogen-bond donors (Lipinski definition) is 2. The van der Waals surface area contributed by atoms with Crippen LogP contribution in [0.25, 0.3) is 0 Å². The molecule has 2 N–H and O–H groups in total. The van der Waals surface area contributed by atoms with Crippen LogP contribution in [0.5, 0.6) is 0 Å². The largest absolute Gasteiger partial charge is 0.449 e. The Hall–Kier alpha value is -2.51. The van der Waals surface area contributed by atoms with Crippen molar-refractivity contribution >= 4 is 52.5 Å². The van der Waals surface area contributed by atoms with Crippen LogP contribution in [0.1, 0.15) is 17.3 Å². The highest BCUT2D eigenvalue weighted by Crippen LogP contribution is 2.32. The van der Waals surface area contributed by atoms with E-state index in [0.29, 0.717) is 22.2 Å². The van der Waals surface area contributed by atoms with Gasteiger partial charge >= 0.3 is 5.97 Å². The zero-order valence-electron chi connectivity index (χ0n) is 13.7. The van der Waals surface area contributed by atoms with Gasteiger partial charge in [-0.1, -0.05) is 11.6 Å². The molecular formula is C18H15ClN2O4S. The highest BCUT2D eigenvalue weighted by molar-refractivity contribution is 8.00. The molecule has 0 aliphatic carbocycles. The Bertz CT molecular complexity index is 870. The van der Waals surface area contributed by atoms with Crippen molar-refractivity contribution in [1.82, 2.24) is 0 Å². The summed E-state index contributed by atoms with van der Waals surface area (Å²) >= 11 is 7.20. The Kier molecular flexibility index (Phi) is 5.49. The first kappa shape index (κ1) is 18.3. The van der Waals surface area contributed by atoms with Crippen LogP contribution in [0.3, 0.4) is 0 Å². The molecule has 6 nitrogen and oxygen atoms in total. The maximum Gasteiger partial charge on any atom is 0.338 e. The van der Waals surface area contributed by atoms with Gasteiger partial charge in [0, 0.05) is 15.6 Å². The molecule has 0 spiro atoms. The second-order valence-corrected chi connectivity index (χ2v) is 7.05. The number of hydrogen-bond acceptors (Lipinski definition) is 5. The zero-order valence-corrected chi connectivity index (χ0v) is 15.3. The van der Waals surface area contributed by atoms with E-state index in [2.05, 4.69) is 10.6 Å². The topological polar surface area (TPSA) is 84.5 Å². The maximum absolute atomic E-state index is 12.3. The molecule has 134 valence electrons. The van der Waals surface area contributed by atoms with E-state index in [9.17, 15) is 14.4 Å². The molecule has 0 fully saturated rings. The summed E-state index contributed by atoms with van der Waals surface area (Å²) in [5, 5.41) is 5.91. The zero-order chi connectivity index (χ0) is 18.7. The summed E-state index contributed by atoms with van der Waals surface area (Å²) in [4.78, 5) is 36.8. The Morgan fingerprint density at radius 2 is 1.96 bits per heavy atom. The number of halogens is 1. The van der Waals surface area contributed by atoms with E-state index in [1.165, 1.54) is 18.7 Å². The first-order chi connectivity index (χ1) is 12.4. The number of ether oxygens (including phenoxy) is 1. The predicted octanol–water partition coefficient (Wildman–Crippen LogP) is 3.57. The van der Waals surface area contributed by atoms with E-state index in [1.807, 2.05) is 0 Å². The normalized spacial score (nSPS) is 14.0. The molecule has 1 atom stereocenters. The molecule has 0 saturated carbocycles. The van der Waals surface area contributed by atoms with Gasteiger partial charge in [-0.25, -0.2) is 4.79 Å². The molecule has 2 amide bonds. The lowest BCUT2D eigenvalue weighted by atomic mass is 10.2. The van der Waals surface area contributed by atoms with Crippen molar-refractivity contribution in [2.24, 2.45) is 0 Å². The fourth-order valence-corrected chi connectivity index (χ4v) is 3.18. The van der Waals surface area contributed by atoms with Gasteiger partial charge in [-0.2, -0.15) is 0 Å². The molecular weight excluding hydrogens is 376 g/mol. The van der Waals surface area contributed by atoms with Crippen LogP contribution >= 0.6 is 23.4 Å². The van der Waals surface area contributed by atoms with Crippen molar-refractivity contribution in [3.8, 4) is 0 Å². The number of thioether (sulfide) groups is 1. The second kappa shape index (κ2) is 7.80. The lowest BCUT2D eigenvalue weighted by molar-refractivity contribution is -0.123. The first-order valence-electron chi connectivity index (χ1n) is 7.76. The molecule has 1 aliphatic heterocycles. The number of amides is 2. The number of carbonyl (C=O) groups is 3. The minimum Gasteiger partial charge on any atom is -0.449 e. The lowest BCUT2D eigenvalue weighted by Crippen LogP contribution is -2.30. The van der Waals surface area contributed by atoms with Gasteiger partial charge in [0.05, 0.1) is 17.0 Å². The first-order valence-corrected chi connectivity index (χ1v) is 9.13. The number of benzene rings is 2. The highest BCUT2D eigenvalue weighted by Gasteiger charge is 2.21. The molecule has 2 aromatic rings. The SMILES string of the molecule is C[C@@H](OC(=O)c1ccc2c(c1)NC(=O)CS2)C(=O)Nc1ccc(Cl)cc1. The highest BCUT2D eigenvalue weighted by atomic mass is 35.5. The van der Waals surface area contributed by atoms with Crippen molar-refractivity contribution < 1.29 is 19.1 Å². The standard InChI is InChI=1S/C18H15ClN2O4S/c1-10(17(23)20-13-5-3-12(19)4-6-13)25-18(24)11-2-7-15-14(8-11)21-16(22)9-26-15/h2-8,10H,9H2,1H3,(H,20,23)(H,21,22)/t10-/m1/s1. The minimum absolute atomic E-state index is 0.122. The Labute approximate surface area is 159 Å². The van der Waals surface area contributed by atoms with Crippen LogP contribution in [-0.2, 0) is 14.3 Å². The summed E-state index contributed by atoms with van der Waals surface area (Å²) in [5.74, 6) is -0.874. The number of nitrogens with one attached hydrogen (secondary N) is 2. The summed E-state index contributed by atoms with van der Waals surface area (Å²) in [5.41, 5.74) is 1.38. The molecule has 3 rings (SSSR count). The molecule has 0 saturated heterocycles. The Morgan fingerprint density at radius 3 is 2.69 bits per heavy atom. The molecule has 0 radical (unpaired) electrons. The summed E-state index contributed by atoms with van der Waals surface area (Å²) in [6.45, 7) is 1.49. The average molecular weight is 391 g/mol. The summed E-state index contributed by atoms with van der Waals surface area (Å²) < 4.78 is 5.22. The van der Waals surface area contributed by atoms with Crippen molar-refractivity contribution in [2.75, 3.05) is 16.4 Å². The van der Waals surface area contributed by atoms with Gasteiger partial charge < -0.3 is 15.4 Å². The second-order valence-electron chi connectivity index (χ2n) is 5.59. The predicted molar refractivity (Wildman–Crippen MR) is 101 cm³/mol. The lowest BCUT2D eigenvalue weighted by Gasteiger charge is -2.17. The third kappa shape index (κ3) is 4.36. The smallest absolute Gasteiger partial charge is 0.338 e. The number of rotatable bonds is 4. The Balaban J connectivity index is 1.63. The van der Waals surface area contributed by atoms with Crippen LogP contribution in [0.4, 0.5) is 11.4 Å². The van der Waals surface area contributed by atoms with Gasteiger partial charge in [-0.15, -0.1) is 11.8 Å². The minimum atomic E-state index is -0.988. The van der Waals surface area contributed by atoms with Gasteiger partial charge in [0.25, 0.3) is 5.91 Å². The van der Waals surface area contributed by atoms with Gasteiger partial charge in [0.15, 0.2) is 6.10 Å². The number of carbonyl (C=O) groups excluding carboxylic acids is 3. The fourth-order valence-electron chi connectivity index (χ4n) is 2.27.